The lowest BCUT2D eigenvalue weighted by molar-refractivity contribution is -0.132. The van der Waals surface area contributed by atoms with E-state index < -0.39 is 36.9 Å². The number of aliphatic hydroxyl groups excluding tert-OH is 4. The Kier molecular flexibility index (Phi) is 60.1. The summed E-state index contributed by atoms with van der Waals surface area (Å²) < 4.78 is 0. The maximum Gasteiger partial charge on any atom is 0.249 e. The monoisotopic (exact) mass is 1030 g/mol. The molecule has 0 radical (unpaired) electrons. The van der Waals surface area contributed by atoms with Gasteiger partial charge < -0.3 is 25.7 Å². The first-order chi connectivity index (χ1) is 36.0. The Labute approximate surface area is 456 Å². The Bertz CT molecular complexity index is 1150. The van der Waals surface area contributed by atoms with Gasteiger partial charge in [0.15, 0.2) is 0 Å². The van der Waals surface area contributed by atoms with E-state index >= 15 is 0 Å². The average Bonchev–Trinajstić information content (AvgIpc) is 3.40. The minimum absolute atomic E-state index is 0.362. The number of hydrogen-bond donors (Lipinski definition) is 5. The quantitative estimate of drug-likeness (QED) is 0.0308. The van der Waals surface area contributed by atoms with Crippen molar-refractivity contribution in [1.82, 2.24) is 5.32 Å². The molecule has 0 aromatic rings. The van der Waals surface area contributed by atoms with Gasteiger partial charge in [-0.3, -0.25) is 4.79 Å². The van der Waals surface area contributed by atoms with Crippen LogP contribution in [0.25, 0.3) is 0 Å². The summed E-state index contributed by atoms with van der Waals surface area (Å²) in [6.07, 6.45) is 78.3. The van der Waals surface area contributed by atoms with Gasteiger partial charge in [0.25, 0.3) is 0 Å². The molecule has 0 heterocycles. The third-order valence-corrected chi connectivity index (χ3v) is 15.6. The van der Waals surface area contributed by atoms with Gasteiger partial charge in [0.1, 0.15) is 12.2 Å². The van der Waals surface area contributed by atoms with E-state index in [0.717, 1.165) is 51.4 Å². The van der Waals surface area contributed by atoms with Crippen molar-refractivity contribution in [3.8, 4) is 0 Å². The number of carbonyl (C=O) groups excluding carboxylic acids is 1. The van der Waals surface area contributed by atoms with E-state index in [9.17, 15) is 25.2 Å². The predicted molar refractivity (Wildman–Crippen MR) is 321 cm³/mol. The highest BCUT2D eigenvalue weighted by atomic mass is 16.3. The minimum Gasteiger partial charge on any atom is -0.394 e. The molecule has 6 nitrogen and oxygen atoms in total. The summed E-state index contributed by atoms with van der Waals surface area (Å²) in [4.78, 5) is 12.6. The number of hydrogen-bond acceptors (Lipinski definition) is 5. The largest absolute Gasteiger partial charge is 0.394 e. The van der Waals surface area contributed by atoms with Gasteiger partial charge in [-0.25, -0.2) is 0 Å². The van der Waals surface area contributed by atoms with Gasteiger partial charge in [-0.15, -0.1) is 0 Å². The molecule has 0 aromatic carbocycles. The Hall–Kier alpha value is -1.47. The van der Waals surface area contributed by atoms with Crippen molar-refractivity contribution < 1.29 is 25.2 Å². The minimum atomic E-state index is -1.29. The lowest BCUT2D eigenvalue weighted by Gasteiger charge is -2.27. The molecule has 0 bridgehead atoms. The fourth-order valence-electron chi connectivity index (χ4n) is 10.4. The van der Waals surface area contributed by atoms with Crippen molar-refractivity contribution in [2.45, 2.75) is 379 Å². The molecule has 4 atom stereocenters. The number of carbonyl (C=O) groups is 1. The van der Waals surface area contributed by atoms with Gasteiger partial charge in [-0.2, -0.15) is 0 Å². The van der Waals surface area contributed by atoms with Crippen molar-refractivity contribution in [3.05, 3.63) is 36.5 Å². The first-order valence-electron chi connectivity index (χ1n) is 32.9. The third kappa shape index (κ3) is 55.1. The Morgan fingerprint density at radius 1 is 0.329 bits per heavy atom. The number of nitrogens with one attached hydrogen (secondary N) is 1. The van der Waals surface area contributed by atoms with Gasteiger partial charge in [-0.05, 0) is 64.2 Å². The van der Waals surface area contributed by atoms with Crippen LogP contribution in [-0.2, 0) is 4.79 Å². The van der Waals surface area contributed by atoms with Crippen LogP contribution in [0.3, 0.4) is 0 Å². The number of allylic oxidation sites excluding steroid dienone is 6. The molecule has 73 heavy (non-hydrogen) atoms. The molecule has 1 amide bonds. The molecule has 0 aromatic heterocycles. The fourth-order valence-corrected chi connectivity index (χ4v) is 10.4. The van der Waals surface area contributed by atoms with Crippen molar-refractivity contribution in [3.63, 3.8) is 0 Å². The molecular formula is C67H129NO5. The molecule has 0 aliphatic rings. The molecule has 432 valence electrons. The zero-order valence-electron chi connectivity index (χ0n) is 49.2. The van der Waals surface area contributed by atoms with E-state index in [2.05, 4.69) is 55.6 Å². The van der Waals surface area contributed by atoms with Crippen molar-refractivity contribution in [1.29, 1.82) is 0 Å². The van der Waals surface area contributed by atoms with Gasteiger partial charge in [-0.1, -0.05) is 326 Å². The molecule has 0 rings (SSSR count). The molecule has 0 aliphatic heterocycles. The SMILES string of the molecule is CCCCCCCCCCCCCC/C=C/CC/C=C/CC/C=C/CCCC(O)C(O)C(CO)NC(=O)C(O)CCCCCCCCCCCCCCCCCCCCCCCCCCCCCCCCCC. The topological polar surface area (TPSA) is 110 Å². The van der Waals surface area contributed by atoms with Gasteiger partial charge in [0.2, 0.25) is 5.91 Å². The van der Waals surface area contributed by atoms with Crippen molar-refractivity contribution >= 4 is 5.91 Å². The first-order valence-corrected chi connectivity index (χ1v) is 32.9. The third-order valence-electron chi connectivity index (χ3n) is 15.6. The molecular weight excluding hydrogens is 899 g/mol. The standard InChI is InChI=1S/C67H129NO5/c1-3-5-7-9-11-13-15-17-19-21-23-25-27-29-30-31-32-33-34-35-37-39-41-43-45-47-49-51-53-55-57-59-61-65(71)67(73)68-63(62-69)66(72)64(70)60-58-56-54-52-50-48-46-44-42-40-38-36-28-26-24-22-20-18-16-14-12-10-8-6-4-2/h36,38,44,46,52,54,63-66,69-72H,3-35,37,39-43,45,47-51,53,55-62H2,1-2H3,(H,68,73)/b38-36+,46-44+,54-52+. The fraction of sp³-hybridized carbons (Fsp3) is 0.896. The van der Waals surface area contributed by atoms with E-state index in [4.69, 9.17) is 0 Å². The lowest BCUT2D eigenvalue weighted by atomic mass is 10.00. The molecule has 0 fully saturated rings. The predicted octanol–water partition coefficient (Wildman–Crippen LogP) is 19.9. The van der Waals surface area contributed by atoms with Crippen molar-refractivity contribution in [2.75, 3.05) is 6.61 Å². The highest BCUT2D eigenvalue weighted by Crippen LogP contribution is 2.19. The highest BCUT2D eigenvalue weighted by Gasteiger charge is 2.28. The van der Waals surface area contributed by atoms with Crippen LogP contribution in [0, 0.1) is 0 Å². The van der Waals surface area contributed by atoms with Crippen LogP contribution in [0.15, 0.2) is 36.5 Å². The van der Waals surface area contributed by atoms with E-state index in [-0.39, 0.29) is 0 Å². The smallest absolute Gasteiger partial charge is 0.249 e. The van der Waals surface area contributed by atoms with Crippen LogP contribution in [-0.4, -0.2) is 57.3 Å². The van der Waals surface area contributed by atoms with Crippen LogP contribution < -0.4 is 5.32 Å². The normalized spacial score (nSPS) is 13.8. The van der Waals surface area contributed by atoms with E-state index in [1.807, 2.05) is 0 Å². The summed E-state index contributed by atoms with van der Waals surface area (Å²) in [7, 11) is 0. The second kappa shape index (κ2) is 61.4. The number of rotatable bonds is 61. The average molecular weight is 1030 g/mol. The zero-order valence-corrected chi connectivity index (χ0v) is 49.2. The van der Waals surface area contributed by atoms with Crippen LogP contribution in [0.1, 0.15) is 354 Å². The van der Waals surface area contributed by atoms with Gasteiger partial charge in [0, 0.05) is 0 Å². The van der Waals surface area contributed by atoms with E-state index in [1.54, 1.807) is 0 Å². The zero-order chi connectivity index (χ0) is 53.0. The summed E-state index contributed by atoms with van der Waals surface area (Å²) in [5.41, 5.74) is 0. The summed E-state index contributed by atoms with van der Waals surface area (Å²) >= 11 is 0. The van der Waals surface area contributed by atoms with Crippen molar-refractivity contribution in [2.24, 2.45) is 0 Å². The summed E-state index contributed by atoms with van der Waals surface area (Å²) in [5.74, 6) is -0.593. The molecule has 6 heteroatoms. The van der Waals surface area contributed by atoms with Gasteiger partial charge >= 0.3 is 0 Å². The van der Waals surface area contributed by atoms with Crippen LogP contribution in [0.5, 0.6) is 0 Å². The molecule has 0 spiro atoms. The summed E-state index contributed by atoms with van der Waals surface area (Å²) in [6, 6.07) is -1.01. The second-order valence-electron chi connectivity index (χ2n) is 22.8. The number of amides is 1. The Morgan fingerprint density at radius 2 is 0.575 bits per heavy atom. The second-order valence-corrected chi connectivity index (χ2v) is 22.8. The molecule has 4 unspecified atom stereocenters. The Morgan fingerprint density at radius 3 is 0.863 bits per heavy atom. The summed E-state index contributed by atoms with van der Waals surface area (Å²) in [5, 5.41) is 44.1. The maximum absolute atomic E-state index is 12.6. The molecule has 0 aliphatic carbocycles. The number of unbranched alkanes of at least 4 members (excludes halogenated alkanes) is 46. The molecule has 0 saturated carbocycles. The van der Waals surface area contributed by atoms with E-state index in [0.29, 0.717) is 19.3 Å². The van der Waals surface area contributed by atoms with Crippen LogP contribution >= 0.6 is 0 Å². The van der Waals surface area contributed by atoms with Crippen LogP contribution in [0.4, 0.5) is 0 Å². The lowest BCUT2D eigenvalue weighted by Crippen LogP contribution is -2.53. The maximum atomic E-state index is 12.6. The van der Waals surface area contributed by atoms with Gasteiger partial charge in [0.05, 0.1) is 18.8 Å². The molecule has 5 N–H and O–H groups in total. The van der Waals surface area contributed by atoms with E-state index in [1.165, 1.54) is 270 Å². The Balaban J connectivity index is 3.60. The van der Waals surface area contributed by atoms with Crippen LogP contribution in [0.2, 0.25) is 0 Å². The first kappa shape index (κ1) is 71.5. The highest BCUT2D eigenvalue weighted by molar-refractivity contribution is 5.80. The number of aliphatic hydroxyl groups is 4. The summed E-state index contributed by atoms with van der Waals surface area (Å²) in [6.45, 7) is 4.08. The molecule has 0 saturated heterocycles.